The Kier molecular flexibility index (Phi) is 3.75. The van der Waals surface area contributed by atoms with Crippen LogP contribution in [0.4, 0.5) is 0 Å². The van der Waals surface area contributed by atoms with Crippen molar-refractivity contribution in [3.8, 4) is 0 Å². The van der Waals surface area contributed by atoms with E-state index >= 15 is 0 Å². The lowest BCUT2D eigenvalue weighted by molar-refractivity contribution is -0.133. The number of hydrogen-bond donors (Lipinski definition) is 2. The Hall–Kier alpha value is -1.30. The first kappa shape index (κ1) is 13.1. The number of carboxylic acid groups (broad SMARTS) is 1. The third-order valence-electron chi connectivity index (χ3n) is 2.99. The predicted octanol–water partition coefficient (Wildman–Crippen LogP) is 3.24. The van der Waals surface area contributed by atoms with E-state index in [1.165, 1.54) is 0 Å². The normalized spacial score (nSPS) is 19.3. The zero-order valence-electron chi connectivity index (χ0n) is 10.2. The van der Waals surface area contributed by atoms with E-state index in [0.29, 0.717) is 11.3 Å². The Balaban J connectivity index is 2.56. The quantitative estimate of drug-likeness (QED) is 0.801. The van der Waals surface area contributed by atoms with Gasteiger partial charge in [-0.25, -0.2) is 4.79 Å². The van der Waals surface area contributed by atoms with E-state index in [-0.39, 0.29) is 5.92 Å². The molecule has 0 saturated heterocycles. The topological polar surface area (TPSA) is 49.3 Å². The number of hydrogen-bond acceptors (Lipinski definition) is 2. The van der Waals surface area contributed by atoms with Gasteiger partial charge < -0.3 is 10.4 Å². The van der Waals surface area contributed by atoms with Crippen LogP contribution in [0.25, 0.3) is 0 Å². The molecule has 0 saturated carbocycles. The molecule has 2 rings (SSSR count). The van der Waals surface area contributed by atoms with Crippen LogP contribution >= 0.6 is 22.6 Å². The van der Waals surface area contributed by atoms with Crippen molar-refractivity contribution in [2.24, 2.45) is 0 Å². The summed E-state index contributed by atoms with van der Waals surface area (Å²) in [6.45, 7) is 3.76. The molecule has 1 aliphatic rings. The fraction of sp³-hybridized carbons (Fsp3) is 0.214. The summed E-state index contributed by atoms with van der Waals surface area (Å²) in [4.78, 5) is 11.4. The Morgan fingerprint density at radius 2 is 2.00 bits per heavy atom. The number of nitrogens with one attached hydrogen (secondary N) is 1. The maximum absolute atomic E-state index is 11.4. The highest BCUT2D eigenvalue weighted by Gasteiger charge is 2.27. The maximum Gasteiger partial charge on any atom is 0.334 e. The number of benzene rings is 1. The minimum absolute atomic E-state index is 0.183. The van der Waals surface area contributed by atoms with E-state index in [0.717, 1.165) is 14.8 Å². The minimum atomic E-state index is -0.867. The summed E-state index contributed by atoms with van der Waals surface area (Å²) in [5, 5.41) is 12.5. The van der Waals surface area contributed by atoms with Gasteiger partial charge in [0.05, 0.1) is 5.57 Å². The van der Waals surface area contributed by atoms with E-state index in [9.17, 15) is 9.90 Å². The average Bonchev–Trinajstić information content (AvgIpc) is 2.27. The maximum atomic E-state index is 11.4. The van der Waals surface area contributed by atoms with Crippen LogP contribution in [0.15, 0.2) is 47.3 Å². The van der Waals surface area contributed by atoms with Crippen molar-refractivity contribution in [2.45, 2.75) is 19.8 Å². The second-order valence-electron chi connectivity index (χ2n) is 4.32. The lowest BCUT2D eigenvalue weighted by atomic mass is 9.87. The van der Waals surface area contributed by atoms with Gasteiger partial charge in [-0.2, -0.15) is 0 Å². The number of rotatable bonds is 2. The van der Waals surface area contributed by atoms with Gasteiger partial charge in [0, 0.05) is 20.9 Å². The van der Waals surface area contributed by atoms with Crippen molar-refractivity contribution in [3.63, 3.8) is 0 Å². The van der Waals surface area contributed by atoms with Gasteiger partial charge in [0.15, 0.2) is 0 Å². The Morgan fingerprint density at radius 3 is 2.61 bits per heavy atom. The standard InChI is InChI=1S/C14H14INO2/c1-8-7-11(10-5-3-4-6-12(10)15)13(14(17)18)9(2)16-8/h3-7,11,16H,1-2H3,(H,17,18). The van der Waals surface area contributed by atoms with E-state index in [1.54, 1.807) is 0 Å². The van der Waals surface area contributed by atoms with Gasteiger partial charge >= 0.3 is 5.97 Å². The Labute approximate surface area is 120 Å². The third kappa shape index (κ3) is 2.43. The molecule has 2 N–H and O–H groups in total. The molecule has 0 spiro atoms. The highest BCUT2D eigenvalue weighted by Crippen LogP contribution is 2.34. The molecule has 1 atom stereocenters. The SMILES string of the molecule is CC1=CC(c2ccccc2I)C(C(=O)O)=C(C)N1. The van der Waals surface area contributed by atoms with Crippen LogP contribution < -0.4 is 5.32 Å². The number of carboxylic acids is 1. The van der Waals surface area contributed by atoms with Crippen LogP contribution in [-0.2, 0) is 4.79 Å². The monoisotopic (exact) mass is 355 g/mol. The zero-order chi connectivity index (χ0) is 13.3. The molecule has 0 bridgehead atoms. The van der Waals surface area contributed by atoms with Crippen molar-refractivity contribution >= 4 is 28.6 Å². The number of halogens is 1. The first-order valence-corrected chi connectivity index (χ1v) is 6.72. The largest absolute Gasteiger partial charge is 0.478 e. The molecular formula is C14H14INO2. The summed E-state index contributed by atoms with van der Waals surface area (Å²) in [6, 6.07) is 7.88. The lowest BCUT2D eigenvalue weighted by Crippen LogP contribution is -2.24. The summed E-state index contributed by atoms with van der Waals surface area (Å²) in [5.41, 5.74) is 3.16. The summed E-state index contributed by atoms with van der Waals surface area (Å²) in [7, 11) is 0. The Morgan fingerprint density at radius 1 is 1.33 bits per heavy atom. The van der Waals surface area contributed by atoms with Crippen molar-refractivity contribution in [1.29, 1.82) is 0 Å². The van der Waals surface area contributed by atoms with Crippen molar-refractivity contribution in [3.05, 3.63) is 56.4 Å². The molecule has 3 nitrogen and oxygen atoms in total. The molecule has 0 fully saturated rings. The number of carbonyl (C=O) groups is 1. The second kappa shape index (κ2) is 5.14. The lowest BCUT2D eigenvalue weighted by Gasteiger charge is -2.25. The molecule has 94 valence electrons. The van der Waals surface area contributed by atoms with E-state index in [2.05, 4.69) is 27.9 Å². The number of dihydropyridines is 1. The molecule has 0 aliphatic carbocycles. The van der Waals surface area contributed by atoms with Gasteiger partial charge in [0.1, 0.15) is 0 Å². The molecule has 1 aromatic carbocycles. The molecule has 1 unspecified atom stereocenters. The van der Waals surface area contributed by atoms with Gasteiger partial charge in [0.25, 0.3) is 0 Å². The van der Waals surface area contributed by atoms with Gasteiger partial charge in [-0.15, -0.1) is 0 Å². The molecule has 0 radical (unpaired) electrons. The van der Waals surface area contributed by atoms with Gasteiger partial charge in [-0.3, -0.25) is 0 Å². The molecular weight excluding hydrogens is 341 g/mol. The van der Waals surface area contributed by atoms with E-state index < -0.39 is 5.97 Å². The molecule has 1 aromatic rings. The van der Waals surface area contributed by atoms with Crippen molar-refractivity contribution < 1.29 is 9.90 Å². The zero-order valence-corrected chi connectivity index (χ0v) is 12.4. The molecule has 0 aromatic heterocycles. The summed E-state index contributed by atoms with van der Waals surface area (Å²) >= 11 is 2.25. The smallest absolute Gasteiger partial charge is 0.334 e. The highest BCUT2D eigenvalue weighted by atomic mass is 127. The van der Waals surface area contributed by atoms with Crippen molar-refractivity contribution in [2.75, 3.05) is 0 Å². The van der Waals surface area contributed by atoms with Gasteiger partial charge in [-0.05, 0) is 48.1 Å². The summed E-state index contributed by atoms with van der Waals surface area (Å²) in [6.07, 6.45) is 1.97. The van der Waals surface area contributed by atoms with Gasteiger partial charge in [0.2, 0.25) is 0 Å². The highest BCUT2D eigenvalue weighted by molar-refractivity contribution is 14.1. The predicted molar refractivity (Wildman–Crippen MR) is 79.1 cm³/mol. The van der Waals surface area contributed by atoms with E-state index in [4.69, 9.17) is 0 Å². The fourth-order valence-corrected chi connectivity index (χ4v) is 2.96. The second-order valence-corrected chi connectivity index (χ2v) is 5.48. The first-order valence-electron chi connectivity index (χ1n) is 5.64. The molecule has 4 heteroatoms. The van der Waals surface area contributed by atoms with Crippen LogP contribution in [0, 0.1) is 3.57 Å². The molecule has 18 heavy (non-hydrogen) atoms. The van der Waals surface area contributed by atoms with Crippen molar-refractivity contribution in [1.82, 2.24) is 5.32 Å². The summed E-state index contributed by atoms with van der Waals surface area (Å²) in [5.74, 6) is -1.05. The van der Waals surface area contributed by atoms with E-state index in [1.807, 2.05) is 44.2 Å². The fourth-order valence-electron chi connectivity index (χ4n) is 2.24. The van der Waals surface area contributed by atoms with Crippen LogP contribution in [0.5, 0.6) is 0 Å². The average molecular weight is 355 g/mol. The Bertz CT molecular complexity index is 561. The van der Waals surface area contributed by atoms with Gasteiger partial charge in [-0.1, -0.05) is 24.3 Å². The summed E-state index contributed by atoms with van der Waals surface area (Å²) < 4.78 is 1.08. The minimum Gasteiger partial charge on any atom is -0.478 e. The van der Waals surface area contributed by atoms with Crippen LogP contribution in [-0.4, -0.2) is 11.1 Å². The molecule has 0 amide bonds. The number of aliphatic carboxylic acids is 1. The molecule has 1 heterocycles. The van der Waals surface area contributed by atoms with Crippen LogP contribution in [0.1, 0.15) is 25.3 Å². The molecule has 1 aliphatic heterocycles. The third-order valence-corrected chi connectivity index (χ3v) is 3.97. The van der Waals surface area contributed by atoms with Crippen LogP contribution in [0.3, 0.4) is 0 Å². The van der Waals surface area contributed by atoms with Crippen LogP contribution in [0.2, 0.25) is 0 Å². The number of allylic oxidation sites excluding steroid dienone is 3. The first-order chi connectivity index (χ1) is 8.50.